The normalized spacial score (nSPS) is 9.61. The molecular weight excluding hydrogens is 298 g/mol. The van der Waals surface area contributed by atoms with E-state index in [4.69, 9.17) is 34.8 Å². The van der Waals surface area contributed by atoms with Crippen molar-refractivity contribution in [1.29, 1.82) is 0 Å². The quantitative estimate of drug-likeness (QED) is 0.760. The van der Waals surface area contributed by atoms with Crippen molar-refractivity contribution in [3.63, 3.8) is 0 Å². The lowest BCUT2D eigenvalue weighted by Crippen LogP contribution is -2.06. The highest BCUT2D eigenvalue weighted by Crippen LogP contribution is 2.10. The Morgan fingerprint density at radius 1 is 0.944 bits per heavy atom. The Kier molecular flexibility index (Phi) is 5.53. The maximum atomic E-state index is 10.5. The standard InChI is InChI=1S/C5H4Cl2N2.C5H5ClN2O/c1-3-8-4(6)2-5(7)9-3;1-3-7-4(6)2-5(9)8-3/h2H,1H3;2H,1H3,(H,7,8,9). The Morgan fingerprint density at radius 2 is 1.44 bits per heavy atom. The van der Waals surface area contributed by atoms with E-state index in [0.717, 1.165) is 0 Å². The molecule has 0 fully saturated rings. The van der Waals surface area contributed by atoms with Crippen molar-refractivity contribution in [2.24, 2.45) is 0 Å². The highest BCUT2D eigenvalue weighted by molar-refractivity contribution is 6.33. The number of halogens is 3. The highest BCUT2D eigenvalue weighted by atomic mass is 35.5. The molecular formula is C10H9Cl3N4O. The van der Waals surface area contributed by atoms with Crippen LogP contribution < -0.4 is 5.56 Å². The third kappa shape index (κ3) is 5.44. The monoisotopic (exact) mass is 306 g/mol. The summed E-state index contributed by atoms with van der Waals surface area (Å²) in [5.41, 5.74) is -0.215. The molecule has 0 unspecified atom stereocenters. The molecule has 2 aromatic rings. The summed E-state index contributed by atoms with van der Waals surface area (Å²) >= 11 is 16.4. The minimum atomic E-state index is -0.215. The van der Waals surface area contributed by atoms with Gasteiger partial charge in [-0.05, 0) is 13.8 Å². The third-order valence-corrected chi connectivity index (χ3v) is 2.19. The Balaban J connectivity index is 0.000000180. The van der Waals surface area contributed by atoms with Crippen LogP contribution in [0.3, 0.4) is 0 Å². The molecule has 0 aliphatic carbocycles. The maximum absolute atomic E-state index is 10.5. The zero-order valence-corrected chi connectivity index (χ0v) is 11.8. The molecule has 0 aliphatic heterocycles. The molecule has 0 amide bonds. The molecule has 0 saturated carbocycles. The van der Waals surface area contributed by atoms with Crippen molar-refractivity contribution in [2.75, 3.05) is 0 Å². The van der Waals surface area contributed by atoms with Crippen LogP contribution in [0, 0.1) is 13.8 Å². The average molecular weight is 308 g/mol. The number of H-pyrrole nitrogens is 1. The molecule has 0 radical (unpaired) electrons. The summed E-state index contributed by atoms with van der Waals surface area (Å²) in [6.07, 6.45) is 0. The van der Waals surface area contributed by atoms with Gasteiger partial charge in [0, 0.05) is 12.1 Å². The zero-order chi connectivity index (χ0) is 13.7. The van der Waals surface area contributed by atoms with Crippen LogP contribution >= 0.6 is 34.8 Å². The van der Waals surface area contributed by atoms with Crippen LogP contribution in [0.25, 0.3) is 0 Å². The first-order chi connectivity index (χ1) is 8.36. The number of aryl methyl sites for hydroxylation is 2. The van der Waals surface area contributed by atoms with E-state index >= 15 is 0 Å². The molecule has 0 saturated heterocycles. The van der Waals surface area contributed by atoms with E-state index in [1.807, 2.05) is 0 Å². The smallest absolute Gasteiger partial charge is 0.252 e. The lowest BCUT2D eigenvalue weighted by molar-refractivity contribution is 1.02. The molecule has 1 N–H and O–H groups in total. The largest absolute Gasteiger partial charge is 0.311 e. The molecule has 0 aromatic carbocycles. The van der Waals surface area contributed by atoms with Crippen molar-refractivity contribution < 1.29 is 0 Å². The van der Waals surface area contributed by atoms with Gasteiger partial charge in [0.25, 0.3) is 5.56 Å². The molecule has 0 spiro atoms. The molecule has 96 valence electrons. The summed E-state index contributed by atoms with van der Waals surface area (Å²) in [7, 11) is 0. The molecule has 2 heterocycles. The van der Waals surface area contributed by atoms with Crippen LogP contribution in [0.4, 0.5) is 0 Å². The third-order valence-electron chi connectivity index (χ3n) is 1.60. The molecule has 18 heavy (non-hydrogen) atoms. The maximum Gasteiger partial charge on any atom is 0.252 e. The second-order valence-electron chi connectivity index (χ2n) is 3.21. The van der Waals surface area contributed by atoms with Gasteiger partial charge in [-0.15, -0.1) is 0 Å². The Labute approximate surface area is 118 Å². The fraction of sp³-hybridized carbons (Fsp3) is 0.200. The van der Waals surface area contributed by atoms with Crippen molar-refractivity contribution in [1.82, 2.24) is 19.9 Å². The molecule has 2 aromatic heterocycles. The summed E-state index contributed by atoms with van der Waals surface area (Å²) in [4.78, 5) is 24.3. The Morgan fingerprint density at radius 3 is 1.83 bits per heavy atom. The van der Waals surface area contributed by atoms with Gasteiger partial charge in [-0.25, -0.2) is 15.0 Å². The fourth-order valence-corrected chi connectivity index (χ4v) is 1.77. The number of nitrogens with zero attached hydrogens (tertiary/aromatic N) is 3. The first kappa shape index (κ1) is 14.9. The predicted molar refractivity (Wildman–Crippen MR) is 71.4 cm³/mol. The second-order valence-corrected chi connectivity index (χ2v) is 4.38. The Hall–Kier alpha value is -1.17. The van der Waals surface area contributed by atoms with Gasteiger partial charge < -0.3 is 4.98 Å². The van der Waals surface area contributed by atoms with E-state index in [0.29, 0.717) is 22.0 Å². The molecule has 2 rings (SSSR count). The van der Waals surface area contributed by atoms with Gasteiger partial charge in [-0.3, -0.25) is 4.79 Å². The zero-order valence-electron chi connectivity index (χ0n) is 9.54. The summed E-state index contributed by atoms with van der Waals surface area (Å²) < 4.78 is 0. The molecule has 0 aliphatic rings. The van der Waals surface area contributed by atoms with Crippen LogP contribution in [0.2, 0.25) is 15.5 Å². The number of rotatable bonds is 0. The fourth-order valence-electron chi connectivity index (χ4n) is 1.04. The first-order valence-corrected chi connectivity index (χ1v) is 5.90. The van der Waals surface area contributed by atoms with Gasteiger partial charge in [0.1, 0.15) is 27.1 Å². The number of aromatic nitrogens is 4. The average Bonchev–Trinajstić information content (AvgIpc) is 2.12. The van der Waals surface area contributed by atoms with E-state index in [2.05, 4.69) is 19.9 Å². The first-order valence-electron chi connectivity index (χ1n) is 4.77. The van der Waals surface area contributed by atoms with Crippen LogP contribution in [-0.4, -0.2) is 19.9 Å². The van der Waals surface area contributed by atoms with Crippen LogP contribution in [0.15, 0.2) is 16.9 Å². The lowest BCUT2D eigenvalue weighted by Gasteiger charge is -1.91. The van der Waals surface area contributed by atoms with Crippen molar-refractivity contribution in [3.8, 4) is 0 Å². The number of aromatic amines is 1. The van der Waals surface area contributed by atoms with Gasteiger partial charge >= 0.3 is 0 Å². The van der Waals surface area contributed by atoms with Gasteiger partial charge in [0.15, 0.2) is 0 Å². The predicted octanol–water partition coefficient (Wildman–Crippen LogP) is 2.82. The van der Waals surface area contributed by atoms with Crippen molar-refractivity contribution >= 4 is 34.8 Å². The van der Waals surface area contributed by atoms with Gasteiger partial charge in [0.05, 0.1) is 0 Å². The van der Waals surface area contributed by atoms with E-state index < -0.39 is 0 Å². The van der Waals surface area contributed by atoms with E-state index in [9.17, 15) is 4.79 Å². The minimum Gasteiger partial charge on any atom is -0.311 e. The lowest BCUT2D eigenvalue weighted by atomic mass is 10.6. The SMILES string of the molecule is Cc1nc(Cl)cc(=O)[nH]1.Cc1nc(Cl)cc(Cl)n1. The summed E-state index contributed by atoms with van der Waals surface area (Å²) in [5, 5.41) is 0.997. The van der Waals surface area contributed by atoms with E-state index in [-0.39, 0.29) is 10.7 Å². The van der Waals surface area contributed by atoms with E-state index in [1.165, 1.54) is 12.1 Å². The van der Waals surface area contributed by atoms with Gasteiger partial charge in [-0.2, -0.15) is 0 Å². The molecule has 0 atom stereocenters. The van der Waals surface area contributed by atoms with Crippen LogP contribution in [0.5, 0.6) is 0 Å². The van der Waals surface area contributed by atoms with Crippen LogP contribution in [0.1, 0.15) is 11.6 Å². The van der Waals surface area contributed by atoms with Crippen LogP contribution in [-0.2, 0) is 0 Å². The molecule has 8 heteroatoms. The van der Waals surface area contributed by atoms with Crippen molar-refractivity contribution in [3.05, 3.63) is 49.6 Å². The second kappa shape index (κ2) is 6.68. The summed E-state index contributed by atoms with van der Waals surface area (Å²) in [6, 6.07) is 2.73. The topological polar surface area (TPSA) is 71.5 Å². The number of hydrogen-bond acceptors (Lipinski definition) is 4. The minimum absolute atomic E-state index is 0.215. The molecule has 5 nitrogen and oxygen atoms in total. The van der Waals surface area contributed by atoms with E-state index in [1.54, 1.807) is 13.8 Å². The molecule has 0 bridgehead atoms. The Bertz CT molecular complexity index is 526. The summed E-state index contributed by atoms with van der Waals surface area (Å²) in [6.45, 7) is 3.41. The number of hydrogen-bond donors (Lipinski definition) is 1. The number of nitrogens with one attached hydrogen (secondary N) is 1. The van der Waals surface area contributed by atoms with Gasteiger partial charge in [-0.1, -0.05) is 34.8 Å². The van der Waals surface area contributed by atoms with Gasteiger partial charge in [0.2, 0.25) is 0 Å². The van der Waals surface area contributed by atoms with Crippen molar-refractivity contribution in [2.45, 2.75) is 13.8 Å². The highest BCUT2D eigenvalue weighted by Gasteiger charge is 1.94. The summed E-state index contributed by atoms with van der Waals surface area (Å²) in [5.74, 6) is 1.13.